The van der Waals surface area contributed by atoms with Crippen LogP contribution in [0.4, 0.5) is 17.5 Å². The molecule has 5 nitrogen and oxygen atoms in total. The maximum Gasteiger partial charge on any atom is 0.249 e. The average Bonchev–Trinajstić information content (AvgIpc) is 2.68. The van der Waals surface area contributed by atoms with Gasteiger partial charge in [0.2, 0.25) is 5.95 Å². The van der Waals surface area contributed by atoms with Crippen LogP contribution in [0.1, 0.15) is 36.1 Å². The predicted octanol–water partition coefficient (Wildman–Crippen LogP) is 4.66. The van der Waals surface area contributed by atoms with Crippen LogP contribution in [0.5, 0.6) is 0 Å². The van der Waals surface area contributed by atoms with E-state index in [0.717, 1.165) is 18.5 Å². The molecule has 0 atom stereocenters. The topological polar surface area (TPSA) is 62.7 Å². The Morgan fingerprint density at radius 3 is 2.27 bits per heavy atom. The lowest BCUT2D eigenvalue weighted by molar-refractivity contribution is 0.960. The number of rotatable bonds is 7. The van der Waals surface area contributed by atoms with Crippen LogP contribution in [0, 0.1) is 6.92 Å². The molecule has 5 heteroatoms. The van der Waals surface area contributed by atoms with E-state index in [1.165, 1.54) is 22.3 Å². The summed E-state index contributed by atoms with van der Waals surface area (Å²) in [4.78, 5) is 4.57. The molecule has 0 bridgehead atoms. The highest BCUT2D eigenvalue weighted by atomic mass is 15.3. The van der Waals surface area contributed by atoms with E-state index >= 15 is 0 Å². The molecule has 3 rings (SSSR count). The van der Waals surface area contributed by atoms with Gasteiger partial charge < -0.3 is 10.6 Å². The zero-order valence-corrected chi connectivity index (χ0v) is 15.6. The summed E-state index contributed by atoms with van der Waals surface area (Å²) in [5.74, 6) is 1.22. The molecule has 2 N–H and O–H groups in total. The number of aryl methyl sites for hydroxylation is 3. The van der Waals surface area contributed by atoms with Crippen molar-refractivity contribution in [3.05, 3.63) is 70.9 Å². The zero-order valence-electron chi connectivity index (χ0n) is 15.6. The minimum Gasteiger partial charge on any atom is -0.365 e. The maximum absolute atomic E-state index is 4.57. The molecule has 0 saturated carbocycles. The maximum atomic E-state index is 4.57. The molecule has 0 spiro atoms. The average molecular weight is 347 g/mol. The summed E-state index contributed by atoms with van der Waals surface area (Å²) in [6.07, 6.45) is 3.56. The van der Waals surface area contributed by atoms with E-state index in [1.54, 1.807) is 6.20 Å². The smallest absolute Gasteiger partial charge is 0.249 e. The first kappa shape index (κ1) is 17.9. The summed E-state index contributed by atoms with van der Waals surface area (Å²) in [6, 6.07) is 14.7. The van der Waals surface area contributed by atoms with Gasteiger partial charge in [0.05, 0.1) is 6.20 Å². The number of hydrogen-bond acceptors (Lipinski definition) is 5. The van der Waals surface area contributed by atoms with Crippen LogP contribution >= 0.6 is 0 Å². The molecule has 0 aliphatic rings. The fourth-order valence-corrected chi connectivity index (χ4v) is 2.95. The molecule has 2 aromatic carbocycles. The molecule has 1 heterocycles. The van der Waals surface area contributed by atoms with Gasteiger partial charge in [0.25, 0.3) is 0 Å². The van der Waals surface area contributed by atoms with E-state index in [9.17, 15) is 0 Å². The molecule has 0 radical (unpaired) electrons. The molecule has 0 amide bonds. The number of nitrogens with zero attached hydrogens (tertiary/aromatic N) is 3. The number of para-hydroxylation sites is 1. The van der Waals surface area contributed by atoms with Gasteiger partial charge in [-0.05, 0) is 42.0 Å². The van der Waals surface area contributed by atoms with Crippen LogP contribution in [0.25, 0.3) is 0 Å². The van der Waals surface area contributed by atoms with Crippen molar-refractivity contribution in [1.82, 2.24) is 15.2 Å². The van der Waals surface area contributed by atoms with Crippen LogP contribution in [0.3, 0.4) is 0 Å². The minimum atomic E-state index is 0.510. The SMILES string of the molecule is CCc1cccc(CC)c1Nc1nncc(NCc2ccccc2C)n1. The fourth-order valence-electron chi connectivity index (χ4n) is 2.95. The molecular weight excluding hydrogens is 322 g/mol. The summed E-state index contributed by atoms with van der Waals surface area (Å²) < 4.78 is 0. The molecular formula is C21H25N5. The van der Waals surface area contributed by atoms with E-state index in [0.29, 0.717) is 18.3 Å². The van der Waals surface area contributed by atoms with Crippen molar-refractivity contribution >= 4 is 17.5 Å². The van der Waals surface area contributed by atoms with E-state index in [1.807, 2.05) is 12.1 Å². The Hall–Kier alpha value is -2.95. The second-order valence-electron chi connectivity index (χ2n) is 6.23. The second kappa shape index (κ2) is 8.43. The first-order valence-electron chi connectivity index (χ1n) is 9.07. The third kappa shape index (κ3) is 4.17. The van der Waals surface area contributed by atoms with Gasteiger partial charge in [-0.2, -0.15) is 10.1 Å². The van der Waals surface area contributed by atoms with Crippen LogP contribution in [-0.4, -0.2) is 15.2 Å². The summed E-state index contributed by atoms with van der Waals surface area (Å²) in [5, 5.41) is 14.9. The Bertz CT molecular complexity index is 854. The number of benzene rings is 2. The highest BCUT2D eigenvalue weighted by Gasteiger charge is 2.09. The van der Waals surface area contributed by atoms with Gasteiger partial charge >= 0.3 is 0 Å². The molecule has 1 aromatic heterocycles. The van der Waals surface area contributed by atoms with Gasteiger partial charge in [-0.25, -0.2) is 0 Å². The first-order chi connectivity index (χ1) is 12.7. The Morgan fingerprint density at radius 1 is 0.885 bits per heavy atom. The summed E-state index contributed by atoms with van der Waals surface area (Å²) >= 11 is 0. The third-order valence-corrected chi connectivity index (χ3v) is 4.52. The number of nitrogens with one attached hydrogen (secondary N) is 2. The van der Waals surface area contributed by atoms with Gasteiger partial charge in [-0.15, -0.1) is 5.10 Å². The van der Waals surface area contributed by atoms with E-state index in [-0.39, 0.29) is 0 Å². The zero-order chi connectivity index (χ0) is 18.4. The minimum absolute atomic E-state index is 0.510. The van der Waals surface area contributed by atoms with Crippen molar-refractivity contribution in [2.45, 2.75) is 40.2 Å². The number of aromatic nitrogens is 3. The van der Waals surface area contributed by atoms with Gasteiger partial charge in [0.1, 0.15) is 0 Å². The molecule has 3 aromatic rings. The number of anilines is 3. The molecule has 0 unspecified atom stereocenters. The molecule has 0 saturated heterocycles. The van der Waals surface area contributed by atoms with Crippen LogP contribution in [-0.2, 0) is 19.4 Å². The Labute approximate surface area is 154 Å². The lowest BCUT2D eigenvalue weighted by atomic mass is 10.0. The van der Waals surface area contributed by atoms with Crippen LogP contribution in [0.2, 0.25) is 0 Å². The van der Waals surface area contributed by atoms with E-state index in [2.05, 4.69) is 76.9 Å². The molecule has 0 aliphatic carbocycles. The summed E-state index contributed by atoms with van der Waals surface area (Å²) in [5.41, 5.74) is 6.10. The lowest BCUT2D eigenvalue weighted by Crippen LogP contribution is -2.08. The Morgan fingerprint density at radius 2 is 1.58 bits per heavy atom. The van der Waals surface area contributed by atoms with Crippen molar-refractivity contribution in [1.29, 1.82) is 0 Å². The van der Waals surface area contributed by atoms with Crippen molar-refractivity contribution in [3.63, 3.8) is 0 Å². The largest absolute Gasteiger partial charge is 0.365 e. The first-order valence-corrected chi connectivity index (χ1v) is 9.07. The van der Waals surface area contributed by atoms with Crippen molar-refractivity contribution < 1.29 is 0 Å². The third-order valence-electron chi connectivity index (χ3n) is 4.52. The van der Waals surface area contributed by atoms with Gasteiger partial charge in [-0.1, -0.05) is 56.3 Å². The normalized spacial score (nSPS) is 10.6. The Kier molecular flexibility index (Phi) is 5.79. The van der Waals surface area contributed by atoms with Gasteiger partial charge in [0.15, 0.2) is 5.82 Å². The summed E-state index contributed by atoms with van der Waals surface area (Å²) in [7, 11) is 0. The Balaban J connectivity index is 1.77. The monoisotopic (exact) mass is 347 g/mol. The highest BCUT2D eigenvalue weighted by molar-refractivity contribution is 5.64. The van der Waals surface area contributed by atoms with E-state index in [4.69, 9.17) is 0 Å². The fraction of sp³-hybridized carbons (Fsp3) is 0.286. The number of hydrogen-bond donors (Lipinski definition) is 2. The van der Waals surface area contributed by atoms with Crippen LogP contribution < -0.4 is 10.6 Å². The molecule has 26 heavy (non-hydrogen) atoms. The standard InChI is InChI=1S/C21H25N5/c1-4-16-11-8-12-17(5-2)20(16)25-21-24-19(14-23-26-21)22-13-18-10-7-6-9-15(18)3/h6-12,14H,4-5,13H2,1-3H3,(H2,22,24,25,26). The predicted molar refractivity (Wildman–Crippen MR) is 107 cm³/mol. The molecule has 0 fully saturated rings. The molecule has 0 aliphatic heterocycles. The van der Waals surface area contributed by atoms with Crippen LogP contribution in [0.15, 0.2) is 48.7 Å². The molecule has 134 valence electrons. The highest BCUT2D eigenvalue weighted by Crippen LogP contribution is 2.25. The summed E-state index contributed by atoms with van der Waals surface area (Å²) in [6.45, 7) is 7.12. The van der Waals surface area contributed by atoms with E-state index < -0.39 is 0 Å². The lowest BCUT2D eigenvalue weighted by Gasteiger charge is -2.14. The second-order valence-corrected chi connectivity index (χ2v) is 6.23. The van der Waals surface area contributed by atoms with Gasteiger partial charge in [-0.3, -0.25) is 0 Å². The van der Waals surface area contributed by atoms with Crippen molar-refractivity contribution in [2.75, 3.05) is 10.6 Å². The van der Waals surface area contributed by atoms with Gasteiger partial charge in [0, 0.05) is 12.2 Å². The van der Waals surface area contributed by atoms with Crippen molar-refractivity contribution in [2.24, 2.45) is 0 Å². The van der Waals surface area contributed by atoms with Crippen molar-refractivity contribution in [3.8, 4) is 0 Å². The quantitative estimate of drug-likeness (QED) is 0.651.